The Hall–Kier alpha value is -3.09. The van der Waals surface area contributed by atoms with Gasteiger partial charge in [-0.2, -0.15) is 0 Å². The minimum Gasteiger partial charge on any atom is -0.495 e. The first-order chi connectivity index (χ1) is 14.2. The maximum atomic E-state index is 5.50. The fraction of sp³-hybridized carbons (Fsp3) is 0.409. The Morgan fingerprint density at radius 2 is 1.79 bits per heavy atom. The van der Waals surface area contributed by atoms with Crippen LogP contribution in [0.2, 0.25) is 0 Å². The fourth-order valence-electron chi connectivity index (χ4n) is 3.55. The Morgan fingerprint density at radius 1 is 1.03 bits per heavy atom. The smallest absolute Gasteiger partial charge is 0.191 e. The fourth-order valence-corrected chi connectivity index (χ4v) is 3.55. The minimum atomic E-state index is 0.316. The number of hydrogen-bond acceptors (Lipinski definition) is 5. The van der Waals surface area contributed by atoms with Gasteiger partial charge in [0.15, 0.2) is 17.5 Å². The summed E-state index contributed by atoms with van der Waals surface area (Å²) in [6.07, 6.45) is 1.04. The molecule has 2 aromatic carbocycles. The predicted molar refractivity (Wildman–Crippen MR) is 116 cm³/mol. The molecule has 1 atom stereocenters. The number of benzene rings is 2. The quantitative estimate of drug-likeness (QED) is 0.552. The molecule has 29 heavy (non-hydrogen) atoms. The summed E-state index contributed by atoms with van der Waals surface area (Å²) in [5, 5.41) is 6.90. The summed E-state index contributed by atoms with van der Waals surface area (Å²) in [5.41, 5.74) is 2.22. The van der Waals surface area contributed by atoms with Crippen molar-refractivity contribution in [2.75, 3.05) is 46.4 Å². The topological polar surface area (TPSA) is 67.4 Å². The van der Waals surface area contributed by atoms with E-state index < -0.39 is 0 Å². The summed E-state index contributed by atoms with van der Waals surface area (Å²) in [7, 11) is 6.78. The molecule has 0 amide bonds. The Bertz CT molecular complexity index is 841. The molecule has 7 nitrogen and oxygen atoms in total. The number of rotatable bonds is 7. The van der Waals surface area contributed by atoms with Gasteiger partial charge in [-0.15, -0.1) is 0 Å². The maximum absolute atomic E-state index is 5.50. The van der Waals surface area contributed by atoms with E-state index in [-0.39, 0.29) is 0 Å². The van der Waals surface area contributed by atoms with Crippen LogP contribution in [0.4, 0.5) is 5.69 Å². The minimum absolute atomic E-state index is 0.316. The van der Waals surface area contributed by atoms with E-state index in [2.05, 4.69) is 26.6 Å². The van der Waals surface area contributed by atoms with E-state index in [1.807, 2.05) is 36.4 Å². The molecule has 1 fully saturated rings. The van der Waals surface area contributed by atoms with Gasteiger partial charge >= 0.3 is 0 Å². The van der Waals surface area contributed by atoms with E-state index in [1.165, 1.54) is 0 Å². The number of ether oxygens (including phenoxy) is 3. The Morgan fingerprint density at radius 3 is 2.52 bits per heavy atom. The molecule has 0 aromatic heterocycles. The second-order valence-corrected chi connectivity index (χ2v) is 6.86. The molecule has 1 unspecified atom stereocenters. The van der Waals surface area contributed by atoms with Crippen molar-refractivity contribution in [3.63, 3.8) is 0 Å². The highest BCUT2D eigenvalue weighted by atomic mass is 16.5. The molecular weight excluding hydrogens is 368 g/mol. The number of guanidine groups is 1. The monoisotopic (exact) mass is 398 g/mol. The number of methoxy groups -OCH3 is 3. The summed E-state index contributed by atoms with van der Waals surface area (Å²) in [6, 6.07) is 14.4. The second kappa shape index (κ2) is 9.91. The van der Waals surface area contributed by atoms with Gasteiger partial charge in [-0.1, -0.05) is 18.2 Å². The zero-order valence-corrected chi connectivity index (χ0v) is 17.6. The van der Waals surface area contributed by atoms with Crippen LogP contribution in [-0.4, -0.2) is 53.5 Å². The average molecular weight is 399 g/mol. The number of aliphatic imine (C=N–C) groups is 1. The van der Waals surface area contributed by atoms with Crippen LogP contribution in [0.5, 0.6) is 17.2 Å². The normalized spacial score (nSPS) is 16.5. The van der Waals surface area contributed by atoms with Crippen molar-refractivity contribution in [1.29, 1.82) is 0 Å². The molecule has 3 rings (SSSR count). The van der Waals surface area contributed by atoms with Crippen molar-refractivity contribution in [2.45, 2.75) is 19.0 Å². The van der Waals surface area contributed by atoms with E-state index in [0.717, 1.165) is 54.0 Å². The third-order valence-electron chi connectivity index (χ3n) is 5.09. The first-order valence-electron chi connectivity index (χ1n) is 9.74. The van der Waals surface area contributed by atoms with Gasteiger partial charge < -0.3 is 29.7 Å². The molecule has 1 aliphatic heterocycles. The van der Waals surface area contributed by atoms with Crippen LogP contribution in [0.25, 0.3) is 0 Å². The molecule has 1 heterocycles. The van der Waals surface area contributed by atoms with E-state index in [9.17, 15) is 0 Å². The summed E-state index contributed by atoms with van der Waals surface area (Å²) in [6.45, 7) is 2.52. The van der Waals surface area contributed by atoms with Crippen molar-refractivity contribution >= 4 is 11.6 Å². The first kappa shape index (κ1) is 20.6. The molecule has 0 bridgehead atoms. The van der Waals surface area contributed by atoms with E-state index in [1.54, 1.807) is 28.4 Å². The van der Waals surface area contributed by atoms with Crippen molar-refractivity contribution < 1.29 is 14.2 Å². The number of nitrogens with one attached hydrogen (secondary N) is 2. The zero-order valence-electron chi connectivity index (χ0n) is 17.6. The molecule has 0 radical (unpaired) electrons. The molecule has 0 aliphatic carbocycles. The molecule has 0 spiro atoms. The van der Waals surface area contributed by atoms with Gasteiger partial charge in [0.2, 0.25) is 0 Å². The molecular formula is C22H30N4O3. The molecule has 0 saturated carbocycles. The van der Waals surface area contributed by atoms with E-state index in [0.29, 0.717) is 12.6 Å². The number of nitrogens with zero attached hydrogens (tertiary/aromatic N) is 2. The highest BCUT2D eigenvalue weighted by Gasteiger charge is 2.25. The lowest BCUT2D eigenvalue weighted by molar-refractivity contribution is 0.354. The average Bonchev–Trinajstić information content (AvgIpc) is 3.24. The van der Waals surface area contributed by atoms with Crippen LogP contribution in [0.15, 0.2) is 47.5 Å². The van der Waals surface area contributed by atoms with Crippen LogP contribution in [0.3, 0.4) is 0 Å². The van der Waals surface area contributed by atoms with Crippen molar-refractivity contribution in [1.82, 2.24) is 10.6 Å². The molecule has 1 aliphatic rings. The second-order valence-electron chi connectivity index (χ2n) is 6.86. The van der Waals surface area contributed by atoms with Gasteiger partial charge in [0.05, 0.1) is 27.0 Å². The van der Waals surface area contributed by atoms with Crippen LogP contribution in [-0.2, 0) is 6.54 Å². The van der Waals surface area contributed by atoms with Crippen molar-refractivity contribution in [2.24, 2.45) is 4.99 Å². The largest absolute Gasteiger partial charge is 0.495 e. The Labute approximate surface area is 172 Å². The van der Waals surface area contributed by atoms with Gasteiger partial charge in [-0.25, -0.2) is 0 Å². The SMILES string of the molecule is CN=C(NCc1ccc(OC)c(OC)c1)NC1CCN(c2ccccc2OC)C1. The van der Waals surface area contributed by atoms with Gasteiger partial charge in [-0.3, -0.25) is 4.99 Å². The van der Waals surface area contributed by atoms with Crippen molar-refractivity contribution in [3.8, 4) is 17.2 Å². The summed E-state index contributed by atoms with van der Waals surface area (Å²) < 4.78 is 16.2. The standard InChI is InChI=1S/C22H30N4O3/c1-23-22(24-14-16-9-10-20(28-3)21(13-16)29-4)25-17-11-12-26(15-17)18-7-5-6-8-19(18)27-2/h5-10,13,17H,11-12,14-15H2,1-4H3,(H2,23,24,25). The third kappa shape index (κ3) is 5.04. The molecule has 2 N–H and O–H groups in total. The van der Waals surface area contributed by atoms with Crippen LogP contribution in [0.1, 0.15) is 12.0 Å². The van der Waals surface area contributed by atoms with Gasteiger partial charge in [0, 0.05) is 32.7 Å². The maximum Gasteiger partial charge on any atom is 0.191 e. The summed E-state index contributed by atoms with van der Waals surface area (Å²) in [4.78, 5) is 6.72. The first-order valence-corrected chi connectivity index (χ1v) is 9.74. The summed E-state index contributed by atoms with van der Waals surface area (Å²) in [5.74, 6) is 3.13. The van der Waals surface area contributed by atoms with Crippen LogP contribution >= 0.6 is 0 Å². The van der Waals surface area contributed by atoms with Crippen molar-refractivity contribution in [3.05, 3.63) is 48.0 Å². The number of para-hydroxylation sites is 2. The van der Waals surface area contributed by atoms with Gasteiger partial charge in [-0.05, 0) is 36.2 Å². The Balaban J connectivity index is 1.56. The van der Waals surface area contributed by atoms with Crippen LogP contribution in [0, 0.1) is 0 Å². The summed E-state index contributed by atoms with van der Waals surface area (Å²) >= 11 is 0. The third-order valence-corrected chi connectivity index (χ3v) is 5.09. The predicted octanol–water partition coefficient (Wildman–Crippen LogP) is 2.66. The molecule has 156 valence electrons. The van der Waals surface area contributed by atoms with Crippen LogP contribution < -0.4 is 29.7 Å². The molecule has 7 heteroatoms. The highest BCUT2D eigenvalue weighted by molar-refractivity contribution is 5.80. The number of anilines is 1. The van der Waals surface area contributed by atoms with Gasteiger partial charge in [0.1, 0.15) is 5.75 Å². The van der Waals surface area contributed by atoms with E-state index >= 15 is 0 Å². The Kier molecular flexibility index (Phi) is 7.05. The van der Waals surface area contributed by atoms with E-state index in [4.69, 9.17) is 14.2 Å². The molecule has 2 aromatic rings. The highest BCUT2D eigenvalue weighted by Crippen LogP contribution is 2.30. The van der Waals surface area contributed by atoms with Gasteiger partial charge in [0.25, 0.3) is 0 Å². The lowest BCUT2D eigenvalue weighted by atomic mass is 10.2. The molecule has 1 saturated heterocycles. The lowest BCUT2D eigenvalue weighted by Crippen LogP contribution is -2.44. The zero-order chi connectivity index (χ0) is 20.6. The number of hydrogen-bond donors (Lipinski definition) is 2. The lowest BCUT2D eigenvalue weighted by Gasteiger charge is -2.22.